The molecule has 1 saturated carbocycles. The van der Waals surface area contributed by atoms with Crippen molar-refractivity contribution in [3.05, 3.63) is 22.8 Å². The number of anilines is 1. The first-order valence-electron chi connectivity index (χ1n) is 6.71. The topological polar surface area (TPSA) is 57.9 Å². The zero-order valence-corrected chi connectivity index (χ0v) is 11.6. The highest BCUT2D eigenvalue weighted by molar-refractivity contribution is 6.34. The van der Waals surface area contributed by atoms with E-state index in [-0.39, 0.29) is 0 Å². The van der Waals surface area contributed by atoms with Crippen molar-refractivity contribution < 1.29 is 4.74 Å². The highest BCUT2D eigenvalue weighted by Gasteiger charge is 2.13. The predicted molar refractivity (Wildman–Crippen MR) is 75.3 cm³/mol. The van der Waals surface area contributed by atoms with Crippen molar-refractivity contribution in [3.8, 4) is 6.07 Å². The molecular weight excluding hydrogens is 262 g/mol. The normalized spacial score (nSPS) is 16.0. The quantitative estimate of drug-likeness (QED) is 0.840. The maximum Gasteiger partial charge on any atom is 0.146 e. The van der Waals surface area contributed by atoms with Gasteiger partial charge in [0.1, 0.15) is 16.9 Å². The lowest BCUT2D eigenvalue weighted by molar-refractivity contribution is 0.0347. The number of nitriles is 1. The molecule has 1 aliphatic rings. The van der Waals surface area contributed by atoms with Crippen LogP contribution in [0.5, 0.6) is 0 Å². The molecule has 1 fully saturated rings. The van der Waals surface area contributed by atoms with Crippen molar-refractivity contribution >= 4 is 17.4 Å². The van der Waals surface area contributed by atoms with Crippen LogP contribution in [-0.2, 0) is 4.74 Å². The van der Waals surface area contributed by atoms with Gasteiger partial charge in [0, 0.05) is 12.7 Å². The molecule has 0 spiro atoms. The summed E-state index contributed by atoms with van der Waals surface area (Å²) in [6, 6.07) is 3.64. The summed E-state index contributed by atoms with van der Waals surface area (Å²) in [5.41, 5.74) is 0.437. The molecule has 0 saturated heterocycles. The lowest BCUT2D eigenvalue weighted by atomic mass is 9.98. The van der Waals surface area contributed by atoms with Crippen LogP contribution in [0.25, 0.3) is 0 Å². The molecule has 0 aliphatic heterocycles. The maximum atomic E-state index is 8.87. The molecule has 102 valence electrons. The number of nitrogens with one attached hydrogen (secondary N) is 1. The van der Waals surface area contributed by atoms with Gasteiger partial charge >= 0.3 is 0 Å². The first kappa shape index (κ1) is 14.1. The third-order valence-electron chi connectivity index (χ3n) is 3.31. The highest BCUT2D eigenvalue weighted by atomic mass is 35.5. The SMILES string of the molecule is N#Cc1ccnc(NCCOC2CCCCC2)c1Cl. The summed E-state index contributed by atoms with van der Waals surface area (Å²) in [5, 5.41) is 12.4. The van der Waals surface area contributed by atoms with Crippen molar-refractivity contribution in [2.24, 2.45) is 0 Å². The number of nitrogens with zero attached hydrogens (tertiary/aromatic N) is 2. The van der Waals surface area contributed by atoms with E-state index in [9.17, 15) is 0 Å². The Balaban J connectivity index is 1.75. The Kier molecular flexibility index (Phi) is 5.44. The largest absolute Gasteiger partial charge is 0.376 e. The average Bonchev–Trinajstić information content (AvgIpc) is 2.46. The number of pyridine rings is 1. The minimum atomic E-state index is 0.377. The summed E-state index contributed by atoms with van der Waals surface area (Å²) in [6.45, 7) is 1.29. The van der Waals surface area contributed by atoms with E-state index < -0.39 is 0 Å². The summed E-state index contributed by atoms with van der Waals surface area (Å²) in [4.78, 5) is 4.12. The molecule has 19 heavy (non-hydrogen) atoms. The summed E-state index contributed by atoms with van der Waals surface area (Å²) < 4.78 is 5.80. The Bertz CT molecular complexity index is 452. The standard InChI is InChI=1S/C14H18ClN3O/c15-13-11(10-16)6-7-17-14(13)18-8-9-19-12-4-2-1-3-5-12/h6-7,12H,1-5,8-9H2,(H,17,18). The van der Waals surface area contributed by atoms with Crippen molar-refractivity contribution in [2.45, 2.75) is 38.2 Å². The lowest BCUT2D eigenvalue weighted by Gasteiger charge is -2.22. The summed E-state index contributed by atoms with van der Waals surface area (Å²) in [5.74, 6) is 0.549. The van der Waals surface area contributed by atoms with E-state index in [1.807, 2.05) is 6.07 Å². The molecule has 0 atom stereocenters. The van der Waals surface area contributed by atoms with E-state index in [0.717, 1.165) is 0 Å². The Morgan fingerprint density at radius 2 is 2.21 bits per heavy atom. The number of ether oxygens (including phenoxy) is 1. The Morgan fingerprint density at radius 3 is 2.95 bits per heavy atom. The highest BCUT2D eigenvalue weighted by Crippen LogP contribution is 2.23. The van der Waals surface area contributed by atoms with Gasteiger partial charge in [0.25, 0.3) is 0 Å². The fourth-order valence-electron chi connectivity index (χ4n) is 2.28. The van der Waals surface area contributed by atoms with Gasteiger partial charge in [-0.25, -0.2) is 4.98 Å². The molecule has 5 heteroatoms. The zero-order valence-electron chi connectivity index (χ0n) is 10.9. The molecule has 4 nitrogen and oxygen atoms in total. The van der Waals surface area contributed by atoms with E-state index >= 15 is 0 Å². The number of hydrogen-bond donors (Lipinski definition) is 1. The van der Waals surface area contributed by atoms with Gasteiger partial charge in [0.2, 0.25) is 0 Å². The van der Waals surface area contributed by atoms with E-state index in [2.05, 4.69) is 10.3 Å². The maximum absolute atomic E-state index is 8.87. The first-order chi connectivity index (χ1) is 9.31. The van der Waals surface area contributed by atoms with E-state index in [1.165, 1.54) is 32.1 Å². The van der Waals surface area contributed by atoms with Gasteiger partial charge in [0.15, 0.2) is 0 Å². The molecule has 1 aromatic heterocycles. The molecule has 2 rings (SSSR count). The third kappa shape index (κ3) is 4.09. The minimum Gasteiger partial charge on any atom is -0.376 e. The van der Waals surface area contributed by atoms with Crippen LogP contribution < -0.4 is 5.32 Å². The van der Waals surface area contributed by atoms with Crippen molar-refractivity contribution in [2.75, 3.05) is 18.5 Å². The summed E-state index contributed by atoms with van der Waals surface area (Å²) >= 11 is 6.05. The van der Waals surface area contributed by atoms with Gasteiger partial charge < -0.3 is 10.1 Å². The Labute approximate surface area is 118 Å². The molecule has 0 radical (unpaired) electrons. The van der Waals surface area contributed by atoms with Crippen molar-refractivity contribution in [3.63, 3.8) is 0 Å². The van der Waals surface area contributed by atoms with Crippen LogP contribution in [0.4, 0.5) is 5.82 Å². The van der Waals surface area contributed by atoms with Crippen LogP contribution in [0.2, 0.25) is 5.02 Å². The molecule has 0 bridgehead atoms. The smallest absolute Gasteiger partial charge is 0.146 e. The fraction of sp³-hybridized carbons (Fsp3) is 0.571. The number of aromatic nitrogens is 1. The molecule has 0 unspecified atom stereocenters. The molecule has 1 N–H and O–H groups in total. The number of hydrogen-bond acceptors (Lipinski definition) is 4. The fourth-order valence-corrected chi connectivity index (χ4v) is 2.50. The molecular formula is C14H18ClN3O. The second-order valence-corrected chi connectivity index (χ2v) is 5.07. The number of halogens is 1. The average molecular weight is 280 g/mol. The predicted octanol–water partition coefficient (Wildman–Crippen LogP) is 3.37. The van der Waals surface area contributed by atoms with Crippen LogP contribution in [0.1, 0.15) is 37.7 Å². The minimum absolute atomic E-state index is 0.377. The van der Waals surface area contributed by atoms with Gasteiger partial charge in [-0.2, -0.15) is 5.26 Å². The third-order valence-corrected chi connectivity index (χ3v) is 3.69. The lowest BCUT2D eigenvalue weighted by Crippen LogP contribution is -2.20. The molecule has 1 aromatic rings. The van der Waals surface area contributed by atoms with Gasteiger partial charge in [-0.15, -0.1) is 0 Å². The molecule has 1 aliphatic carbocycles. The second kappa shape index (κ2) is 7.32. The van der Waals surface area contributed by atoms with Crippen LogP contribution in [0.3, 0.4) is 0 Å². The van der Waals surface area contributed by atoms with E-state index in [0.29, 0.717) is 35.7 Å². The van der Waals surface area contributed by atoms with Crippen LogP contribution in [0.15, 0.2) is 12.3 Å². The van der Waals surface area contributed by atoms with Crippen molar-refractivity contribution in [1.29, 1.82) is 5.26 Å². The zero-order chi connectivity index (χ0) is 13.5. The van der Waals surface area contributed by atoms with Crippen LogP contribution in [0, 0.1) is 11.3 Å². The molecule has 0 aromatic carbocycles. The Hall–Kier alpha value is -1.31. The van der Waals surface area contributed by atoms with Crippen LogP contribution >= 0.6 is 11.6 Å². The van der Waals surface area contributed by atoms with Gasteiger partial charge in [-0.1, -0.05) is 30.9 Å². The first-order valence-corrected chi connectivity index (χ1v) is 7.09. The summed E-state index contributed by atoms with van der Waals surface area (Å²) in [7, 11) is 0. The molecule has 0 amide bonds. The van der Waals surface area contributed by atoms with Crippen LogP contribution in [-0.4, -0.2) is 24.2 Å². The monoisotopic (exact) mass is 279 g/mol. The summed E-state index contributed by atoms with van der Waals surface area (Å²) in [6.07, 6.45) is 8.20. The van der Waals surface area contributed by atoms with Crippen molar-refractivity contribution in [1.82, 2.24) is 4.98 Å². The van der Waals surface area contributed by atoms with Gasteiger partial charge in [0.05, 0.1) is 18.3 Å². The molecule has 1 heterocycles. The second-order valence-electron chi connectivity index (χ2n) is 4.69. The van der Waals surface area contributed by atoms with E-state index in [4.69, 9.17) is 21.6 Å². The Morgan fingerprint density at radius 1 is 1.42 bits per heavy atom. The van der Waals surface area contributed by atoms with Gasteiger partial charge in [-0.05, 0) is 18.9 Å². The van der Waals surface area contributed by atoms with E-state index in [1.54, 1.807) is 12.3 Å². The number of rotatable bonds is 5. The van der Waals surface area contributed by atoms with Gasteiger partial charge in [-0.3, -0.25) is 0 Å².